The maximum atomic E-state index is 5.82. The molecule has 96 valence electrons. The van der Waals surface area contributed by atoms with Crippen LogP contribution in [0.1, 0.15) is 4.88 Å². The SMILES string of the molecule is Nc1ccc2ncnc(NCc3sccc3Br)c2c1. The number of rotatable bonds is 3. The largest absolute Gasteiger partial charge is 0.399 e. The van der Waals surface area contributed by atoms with E-state index in [0.29, 0.717) is 5.69 Å². The van der Waals surface area contributed by atoms with Crippen LogP contribution in [0.4, 0.5) is 11.5 Å². The number of nitrogens with two attached hydrogens (primary N) is 1. The Morgan fingerprint density at radius 3 is 2.95 bits per heavy atom. The van der Waals surface area contributed by atoms with Crippen molar-refractivity contribution in [3.8, 4) is 0 Å². The van der Waals surface area contributed by atoms with Gasteiger partial charge in [0.2, 0.25) is 0 Å². The van der Waals surface area contributed by atoms with E-state index in [2.05, 4.69) is 36.6 Å². The maximum absolute atomic E-state index is 5.82. The predicted molar refractivity (Wildman–Crippen MR) is 83.3 cm³/mol. The lowest BCUT2D eigenvalue weighted by atomic mass is 10.2. The highest BCUT2D eigenvalue weighted by Crippen LogP contribution is 2.26. The highest BCUT2D eigenvalue weighted by Gasteiger charge is 2.06. The molecule has 19 heavy (non-hydrogen) atoms. The zero-order chi connectivity index (χ0) is 13.2. The van der Waals surface area contributed by atoms with E-state index in [-0.39, 0.29) is 0 Å². The monoisotopic (exact) mass is 334 g/mol. The van der Waals surface area contributed by atoms with Gasteiger partial charge in [-0.25, -0.2) is 9.97 Å². The van der Waals surface area contributed by atoms with Crippen molar-refractivity contribution in [2.75, 3.05) is 11.1 Å². The molecule has 4 nitrogen and oxygen atoms in total. The molecule has 3 aromatic rings. The van der Waals surface area contributed by atoms with Gasteiger partial charge < -0.3 is 11.1 Å². The van der Waals surface area contributed by atoms with Gasteiger partial charge in [-0.15, -0.1) is 11.3 Å². The number of aromatic nitrogens is 2. The van der Waals surface area contributed by atoms with E-state index in [9.17, 15) is 0 Å². The van der Waals surface area contributed by atoms with Crippen LogP contribution in [0, 0.1) is 0 Å². The minimum Gasteiger partial charge on any atom is -0.399 e. The first-order chi connectivity index (χ1) is 9.24. The second-order valence-corrected chi connectivity index (χ2v) is 5.90. The molecule has 2 aromatic heterocycles. The van der Waals surface area contributed by atoms with Crippen molar-refractivity contribution in [3.63, 3.8) is 0 Å². The fourth-order valence-corrected chi connectivity index (χ4v) is 3.26. The van der Waals surface area contributed by atoms with Crippen LogP contribution < -0.4 is 11.1 Å². The summed E-state index contributed by atoms with van der Waals surface area (Å²) in [5, 5.41) is 6.32. The Kier molecular flexibility index (Phi) is 3.35. The van der Waals surface area contributed by atoms with Crippen LogP contribution in [0.25, 0.3) is 10.9 Å². The van der Waals surface area contributed by atoms with Crippen molar-refractivity contribution in [2.24, 2.45) is 0 Å². The molecule has 3 rings (SSSR count). The summed E-state index contributed by atoms with van der Waals surface area (Å²) in [5.74, 6) is 0.803. The van der Waals surface area contributed by atoms with Gasteiger partial charge >= 0.3 is 0 Å². The van der Waals surface area contributed by atoms with E-state index in [1.165, 1.54) is 4.88 Å². The lowest BCUT2D eigenvalue weighted by Gasteiger charge is -2.08. The fraction of sp³-hybridized carbons (Fsp3) is 0.0769. The number of nitrogens with one attached hydrogen (secondary N) is 1. The van der Waals surface area contributed by atoms with Crippen molar-refractivity contribution < 1.29 is 0 Å². The van der Waals surface area contributed by atoms with Crippen molar-refractivity contribution in [1.29, 1.82) is 0 Å². The molecule has 0 radical (unpaired) electrons. The summed E-state index contributed by atoms with van der Waals surface area (Å²) in [6.45, 7) is 0.721. The maximum Gasteiger partial charge on any atom is 0.137 e. The molecule has 0 aliphatic heterocycles. The Morgan fingerprint density at radius 2 is 2.16 bits per heavy atom. The number of nitrogen functional groups attached to an aromatic ring is 1. The van der Waals surface area contributed by atoms with Gasteiger partial charge in [-0.1, -0.05) is 0 Å². The Morgan fingerprint density at radius 1 is 1.26 bits per heavy atom. The molecular formula is C13H11BrN4S. The third-order valence-electron chi connectivity index (χ3n) is 2.77. The topological polar surface area (TPSA) is 63.8 Å². The summed E-state index contributed by atoms with van der Waals surface area (Å²) in [4.78, 5) is 9.75. The van der Waals surface area contributed by atoms with Crippen LogP contribution in [-0.4, -0.2) is 9.97 Å². The predicted octanol–water partition coefficient (Wildman–Crippen LogP) is 3.65. The molecule has 2 heterocycles. The van der Waals surface area contributed by atoms with Crippen LogP contribution in [0.15, 0.2) is 40.4 Å². The van der Waals surface area contributed by atoms with Gasteiger partial charge in [-0.05, 0) is 45.6 Å². The van der Waals surface area contributed by atoms with Gasteiger partial charge in [0.15, 0.2) is 0 Å². The lowest BCUT2D eigenvalue weighted by Crippen LogP contribution is -2.02. The number of thiophene rings is 1. The normalized spacial score (nSPS) is 10.8. The summed E-state index contributed by atoms with van der Waals surface area (Å²) >= 11 is 5.22. The average molecular weight is 335 g/mol. The second kappa shape index (κ2) is 5.14. The van der Waals surface area contributed by atoms with Gasteiger partial charge in [0.05, 0.1) is 12.1 Å². The summed E-state index contributed by atoms with van der Waals surface area (Å²) < 4.78 is 1.11. The molecular weight excluding hydrogens is 324 g/mol. The molecule has 6 heteroatoms. The molecule has 0 fully saturated rings. The van der Waals surface area contributed by atoms with Crippen molar-refractivity contribution in [1.82, 2.24) is 9.97 Å². The molecule has 0 saturated heterocycles. The lowest BCUT2D eigenvalue weighted by molar-refractivity contribution is 1.12. The number of benzene rings is 1. The van der Waals surface area contributed by atoms with Crippen LogP contribution in [0.5, 0.6) is 0 Å². The van der Waals surface area contributed by atoms with E-state index in [1.807, 2.05) is 24.3 Å². The van der Waals surface area contributed by atoms with Gasteiger partial charge in [-0.2, -0.15) is 0 Å². The standard InChI is InChI=1S/C13H11BrN4S/c14-10-3-4-19-12(10)6-16-13-9-5-8(15)1-2-11(9)17-7-18-13/h1-5,7H,6,15H2,(H,16,17,18). The Balaban J connectivity index is 1.92. The fourth-order valence-electron chi connectivity index (χ4n) is 1.83. The minimum absolute atomic E-state index is 0.711. The van der Waals surface area contributed by atoms with Crippen LogP contribution in [0.3, 0.4) is 0 Å². The zero-order valence-electron chi connectivity index (χ0n) is 9.93. The van der Waals surface area contributed by atoms with E-state index in [4.69, 9.17) is 5.73 Å². The molecule has 3 N–H and O–H groups in total. The number of hydrogen-bond acceptors (Lipinski definition) is 5. The molecule has 0 aliphatic rings. The molecule has 1 aromatic carbocycles. The van der Waals surface area contributed by atoms with Crippen molar-refractivity contribution in [2.45, 2.75) is 6.54 Å². The van der Waals surface area contributed by atoms with Gasteiger partial charge in [0.1, 0.15) is 12.1 Å². The summed E-state index contributed by atoms with van der Waals surface area (Å²) in [7, 11) is 0. The molecule has 0 aliphatic carbocycles. The zero-order valence-corrected chi connectivity index (χ0v) is 12.3. The summed E-state index contributed by atoms with van der Waals surface area (Å²) in [5.41, 5.74) is 7.42. The van der Waals surface area contributed by atoms with Gasteiger partial charge in [-0.3, -0.25) is 0 Å². The van der Waals surface area contributed by atoms with Crippen LogP contribution in [-0.2, 0) is 6.54 Å². The Bertz CT molecular complexity index is 725. The summed E-state index contributed by atoms with van der Waals surface area (Å²) in [6, 6.07) is 7.67. The number of fused-ring (bicyclic) bond motifs is 1. The average Bonchev–Trinajstić information content (AvgIpc) is 2.82. The highest BCUT2D eigenvalue weighted by molar-refractivity contribution is 9.10. The number of anilines is 2. The van der Waals surface area contributed by atoms with E-state index >= 15 is 0 Å². The molecule has 0 unspecified atom stereocenters. The van der Waals surface area contributed by atoms with E-state index in [1.54, 1.807) is 17.7 Å². The number of halogens is 1. The minimum atomic E-state index is 0.711. The molecule has 0 saturated carbocycles. The van der Waals surface area contributed by atoms with Crippen molar-refractivity contribution >= 4 is 49.7 Å². The first-order valence-electron chi connectivity index (χ1n) is 5.70. The molecule has 0 amide bonds. The Hall–Kier alpha value is -1.66. The number of hydrogen-bond donors (Lipinski definition) is 2. The second-order valence-electron chi connectivity index (χ2n) is 4.04. The highest BCUT2D eigenvalue weighted by atomic mass is 79.9. The van der Waals surface area contributed by atoms with Crippen molar-refractivity contribution in [3.05, 3.63) is 45.3 Å². The summed E-state index contributed by atoms with van der Waals surface area (Å²) in [6.07, 6.45) is 1.56. The van der Waals surface area contributed by atoms with E-state index in [0.717, 1.165) is 27.7 Å². The first-order valence-corrected chi connectivity index (χ1v) is 7.37. The van der Waals surface area contributed by atoms with E-state index < -0.39 is 0 Å². The van der Waals surface area contributed by atoms with Gasteiger partial charge in [0.25, 0.3) is 0 Å². The molecule has 0 bridgehead atoms. The van der Waals surface area contributed by atoms with Gasteiger partial charge in [0, 0.05) is 20.4 Å². The van der Waals surface area contributed by atoms with Crippen LogP contribution >= 0.6 is 27.3 Å². The molecule has 0 atom stereocenters. The third kappa shape index (κ3) is 2.54. The van der Waals surface area contributed by atoms with Crippen LogP contribution in [0.2, 0.25) is 0 Å². The molecule has 0 spiro atoms. The quantitative estimate of drug-likeness (QED) is 0.717. The number of nitrogens with zero attached hydrogens (tertiary/aromatic N) is 2. The smallest absolute Gasteiger partial charge is 0.137 e. The third-order valence-corrected chi connectivity index (χ3v) is 4.69. The first kappa shape index (κ1) is 12.4. The Labute approximate surface area is 122 Å².